The minimum Gasteiger partial charge on any atom is -0.375 e. The zero-order valence-corrected chi connectivity index (χ0v) is 18.4. The monoisotopic (exact) mass is 418 g/mol. The Bertz CT molecular complexity index is 329. The van der Waals surface area contributed by atoms with Crippen LogP contribution in [0.4, 0.5) is 0 Å². The van der Waals surface area contributed by atoms with Gasteiger partial charge in [0.15, 0.2) is 0 Å². The lowest BCUT2D eigenvalue weighted by atomic mass is 10.4. The fourth-order valence-electron chi connectivity index (χ4n) is 1.53. The van der Waals surface area contributed by atoms with Crippen LogP contribution in [0.5, 0.6) is 0 Å². The molecule has 0 N–H and O–H groups in total. The molecule has 23 heavy (non-hydrogen) atoms. The number of rotatable bonds is 15. The van der Waals surface area contributed by atoms with Gasteiger partial charge in [-0.25, -0.2) is 4.79 Å². The van der Waals surface area contributed by atoms with E-state index in [0.29, 0.717) is 25.4 Å². The molecule has 0 aliphatic carbocycles. The minimum atomic E-state index is -2.51. The highest BCUT2D eigenvalue weighted by molar-refractivity contribution is 9.25. The predicted octanol–water partition coefficient (Wildman–Crippen LogP) is 5.14. The summed E-state index contributed by atoms with van der Waals surface area (Å²) in [6, 6.07) is 0.818. The Balaban J connectivity index is 3.85. The number of carbonyl (C=O) groups excluding carboxylic acids is 1. The summed E-state index contributed by atoms with van der Waals surface area (Å²) in [4.78, 5) is 11.2. The van der Waals surface area contributed by atoms with Crippen LogP contribution in [0.3, 0.4) is 0 Å². The predicted molar refractivity (Wildman–Crippen MR) is 106 cm³/mol. The van der Waals surface area contributed by atoms with Gasteiger partial charge in [-0.3, -0.25) is 0 Å². The zero-order valence-electron chi connectivity index (χ0n) is 14.1. The van der Waals surface area contributed by atoms with E-state index < -0.39 is 8.80 Å². The lowest BCUT2D eigenvalue weighted by Gasteiger charge is -2.28. The lowest BCUT2D eigenvalue weighted by molar-refractivity contribution is -0.128. The van der Waals surface area contributed by atoms with Crippen LogP contribution in [0.25, 0.3) is 0 Å². The van der Waals surface area contributed by atoms with E-state index in [4.69, 9.17) is 17.5 Å². The second-order valence-corrected chi connectivity index (χ2v) is 12.6. The summed E-state index contributed by atoms with van der Waals surface area (Å²) in [5.74, 6) is 0.572. The molecule has 5 nitrogen and oxygen atoms in total. The summed E-state index contributed by atoms with van der Waals surface area (Å²) in [6.45, 7) is 12.9. The number of carbonyl (C=O) groups is 1. The van der Waals surface area contributed by atoms with Crippen molar-refractivity contribution in [3.05, 3.63) is 12.2 Å². The molecule has 0 spiro atoms. The van der Waals surface area contributed by atoms with E-state index in [9.17, 15) is 4.79 Å². The van der Waals surface area contributed by atoms with E-state index in [1.165, 1.54) is 9.83 Å². The molecular weight excluding hydrogens is 392 g/mol. The summed E-state index contributed by atoms with van der Waals surface area (Å²) >= 11 is 1.06. The molecule has 0 unspecified atom stereocenters. The van der Waals surface area contributed by atoms with Gasteiger partial charge in [0, 0.05) is 47.0 Å². The van der Waals surface area contributed by atoms with Crippen molar-refractivity contribution in [3.63, 3.8) is 0 Å². The van der Waals surface area contributed by atoms with Crippen molar-refractivity contribution in [1.82, 2.24) is 0 Å². The van der Waals surface area contributed by atoms with Crippen LogP contribution in [0.15, 0.2) is 12.2 Å². The third-order valence-corrected chi connectivity index (χ3v) is 11.1. The molecule has 0 rings (SSSR count). The Labute approximate surface area is 156 Å². The van der Waals surface area contributed by atoms with Crippen molar-refractivity contribution < 1.29 is 22.3 Å². The van der Waals surface area contributed by atoms with Crippen LogP contribution in [-0.2, 0) is 22.3 Å². The smallest absolute Gasteiger partial charge is 0.375 e. The van der Waals surface area contributed by atoms with E-state index in [1.54, 1.807) is 27.5 Å². The Morgan fingerprint density at radius 3 is 2.09 bits per heavy atom. The first-order valence-electron chi connectivity index (χ1n) is 7.42. The quantitative estimate of drug-likeness (QED) is 0.118. The third-order valence-electron chi connectivity index (χ3n) is 2.37. The van der Waals surface area contributed by atoms with Gasteiger partial charge in [0.1, 0.15) is 11.1 Å². The van der Waals surface area contributed by atoms with Crippen molar-refractivity contribution in [2.24, 2.45) is 0 Å². The minimum absolute atomic E-state index is 0.381. The van der Waals surface area contributed by atoms with E-state index in [2.05, 4.69) is 6.58 Å². The highest BCUT2D eigenvalue weighted by Crippen LogP contribution is 2.44. The van der Waals surface area contributed by atoms with Crippen LogP contribution >= 0.6 is 41.5 Å². The molecule has 0 fully saturated rings. The number of hydrogen-bond donors (Lipinski definition) is 0. The molecule has 0 saturated heterocycles. The van der Waals surface area contributed by atoms with Gasteiger partial charge in [-0.15, -0.1) is 0 Å². The van der Waals surface area contributed by atoms with Crippen molar-refractivity contribution >= 4 is 56.3 Å². The summed E-state index contributed by atoms with van der Waals surface area (Å²) in [5, 5.41) is 0. The van der Waals surface area contributed by atoms with E-state index in [0.717, 1.165) is 29.3 Å². The van der Waals surface area contributed by atoms with Crippen LogP contribution in [0, 0.1) is 0 Å². The maximum Gasteiger partial charge on any atom is 0.500 e. The van der Waals surface area contributed by atoms with Gasteiger partial charge in [-0.05, 0) is 43.9 Å². The van der Waals surface area contributed by atoms with Gasteiger partial charge >= 0.3 is 14.8 Å². The molecule has 0 amide bonds. The maximum atomic E-state index is 11.2. The largest absolute Gasteiger partial charge is 0.500 e. The second-order valence-electron chi connectivity index (χ2n) is 4.26. The van der Waals surface area contributed by atoms with Gasteiger partial charge in [-0.2, -0.15) is 0 Å². The molecule has 10 heteroatoms. The fourth-order valence-corrected chi connectivity index (χ4v) is 9.13. The van der Waals surface area contributed by atoms with Gasteiger partial charge in [0.05, 0.1) is 0 Å². The number of hydrogen-bond acceptors (Lipinski definition) is 9. The normalized spacial score (nSPS) is 11.5. The molecule has 0 saturated carbocycles. The molecule has 136 valence electrons. The molecule has 0 aliphatic rings. The van der Waals surface area contributed by atoms with Gasteiger partial charge < -0.3 is 17.5 Å². The lowest BCUT2D eigenvalue weighted by Crippen LogP contribution is -2.46. The Morgan fingerprint density at radius 1 is 1.04 bits per heavy atom. The van der Waals surface area contributed by atoms with Crippen LogP contribution in [0.1, 0.15) is 34.1 Å². The molecule has 0 bridgehead atoms. The zero-order chi connectivity index (χ0) is 17.6. The Hall–Kier alpha value is 0.707. The summed E-state index contributed by atoms with van der Waals surface area (Å²) in [7, 11) is 2.19. The summed E-state index contributed by atoms with van der Waals surface area (Å²) in [5.41, 5.74) is 0.403. The van der Waals surface area contributed by atoms with Crippen molar-refractivity contribution in [2.45, 2.75) is 40.2 Å². The average Bonchev–Trinajstić information content (AvgIpc) is 2.50. The van der Waals surface area contributed by atoms with Crippen LogP contribution in [0.2, 0.25) is 6.04 Å². The van der Waals surface area contributed by atoms with E-state index >= 15 is 0 Å². The van der Waals surface area contributed by atoms with E-state index in [-0.39, 0.29) is 5.97 Å². The molecule has 0 aromatic heterocycles. The molecular formula is C13H26O5S4Si. The summed E-state index contributed by atoms with van der Waals surface area (Å²) in [6.07, 6.45) is 0.959. The van der Waals surface area contributed by atoms with Crippen LogP contribution in [-0.4, -0.2) is 40.3 Å². The summed E-state index contributed by atoms with van der Waals surface area (Å²) < 4.78 is 22.3. The second kappa shape index (κ2) is 15.0. The SMILES string of the molecule is C=C(C)C(=O)OSSSSCCC[Si](OCC)(OCC)OCC. The Kier molecular flexibility index (Phi) is 15.5. The maximum absolute atomic E-state index is 11.2. The molecule has 0 atom stereocenters. The Morgan fingerprint density at radius 2 is 1.61 bits per heavy atom. The van der Waals surface area contributed by atoms with E-state index in [1.807, 2.05) is 20.8 Å². The van der Waals surface area contributed by atoms with Gasteiger partial charge in [-0.1, -0.05) is 17.4 Å². The average molecular weight is 419 g/mol. The van der Waals surface area contributed by atoms with Gasteiger partial charge in [0.2, 0.25) is 0 Å². The van der Waals surface area contributed by atoms with Crippen molar-refractivity contribution in [1.29, 1.82) is 0 Å². The molecule has 0 heterocycles. The van der Waals surface area contributed by atoms with Gasteiger partial charge in [0.25, 0.3) is 0 Å². The first kappa shape index (κ1) is 23.7. The highest BCUT2D eigenvalue weighted by atomic mass is 33.7. The molecule has 0 aromatic rings. The molecule has 0 aromatic carbocycles. The molecule has 0 radical (unpaired) electrons. The fraction of sp³-hybridized carbons (Fsp3) is 0.769. The topological polar surface area (TPSA) is 54.0 Å². The molecule has 0 aliphatic heterocycles. The standard InChI is InChI=1S/C13H26O5S4Si/c1-6-15-23(16-7-2,17-8-3)11-9-10-19-21-22-20-18-13(14)12(4)5/h4,6-11H2,1-3,5H3. The first-order valence-corrected chi connectivity index (χ1v) is 14.3. The first-order chi connectivity index (χ1) is 11.0. The van der Waals surface area contributed by atoms with Crippen LogP contribution < -0.4 is 0 Å². The third kappa shape index (κ3) is 11.8. The van der Waals surface area contributed by atoms with Crippen molar-refractivity contribution in [3.8, 4) is 0 Å². The highest BCUT2D eigenvalue weighted by Gasteiger charge is 2.39. The van der Waals surface area contributed by atoms with Crippen molar-refractivity contribution in [2.75, 3.05) is 25.6 Å².